The number of hydrogen-bond donors (Lipinski definition) is 6. The highest BCUT2D eigenvalue weighted by atomic mass is 16.7. The molecule has 4 aromatic rings. The first-order valence-corrected chi connectivity index (χ1v) is 20.2. The first-order chi connectivity index (χ1) is 30.8. The summed E-state index contributed by atoms with van der Waals surface area (Å²) in [4.78, 5) is 25.9. The van der Waals surface area contributed by atoms with E-state index in [9.17, 15) is 40.2 Å². The average Bonchev–Trinajstić information content (AvgIpc) is 3.31. The molecule has 6 N–H and O–H groups in total. The molecule has 0 aromatic heterocycles. The van der Waals surface area contributed by atoms with Gasteiger partial charge in [0.05, 0.1) is 27.4 Å². The van der Waals surface area contributed by atoms with E-state index in [-0.39, 0.29) is 22.6 Å². The number of carbonyl (C=O) groups is 2. The van der Waals surface area contributed by atoms with Crippen molar-refractivity contribution in [2.24, 2.45) is 0 Å². The van der Waals surface area contributed by atoms with Gasteiger partial charge in [0.15, 0.2) is 24.8 Å². The first-order valence-electron chi connectivity index (χ1n) is 20.2. The number of methoxy groups -OCH3 is 4. The van der Waals surface area contributed by atoms with E-state index in [2.05, 4.69) is 0 Å². The van der Waals surface area contributed by atoms with Gasteiger partial charge in [-0.3, -0.25) is 0 Å². The summed E-state index contributed by atoms with van der Waals surface area (Å²) in [5.41, 5.74) is 3.30. The van der Waals surface area contributed by atoms with Gasteiger partial charge >= 0.3 is 11.9 Å². The average molecular weight is 897 g/mol. The van der Waals surface area contributed by atoms with E-state index in [1.165, 1.54) is 28.4 Å². The van der Waals surface area contributed by atoms with Crippen molar-refractivity contribution in [1.29, 1.82) is 0 Å². The van der Waals surface area contributed by atoms with Crippen LogP contribution in [0, 0.1) is 13.8 Å². The zero-order valence-electron chi connectivity index (χ0n) is 36.3. The van der Waals surface area contributed by atoms with Crippen molar-refractivity contribution in [3.8, 4) is 23.0 Å². The number of aliphatic hydroxyl groups is 6. The normalized spacial score (nSPS) is 25.2. The van der Waals surface area contributed by atoms with Crippen molar-refractivity contribution in [1.82, 2.24) is 0 Å². The number of carbonyl (C=O) groups excluding carboxylic acids is 2. The van der Waals surface area contributed by atoms with Crippen molar-refractivity contribution in [2.45, 2.75) is 88.5 Å². The Hall–Kier alpha value is -5.38. The van der Waals surface area contributed by atoms with Gasteiger partial charge in [0.25, 0.3) is 0 Å². The minimum Gasteiger partial charge on any atom is -0.496 e. The molecule has 0 saturated carbocycles. The van der Waals surface area contributed by atoms with E-state index < -0.39 is 86.6 Å². The Morgan fingerprint density at radius 1 is 0.547 bits per heavy atom. The lowest BCUT2D eigenvalue weighted by Gasteiger charge is -2.40. The second-order valence-corrected chi connectivity index (χ2v) is 14.8. The smallest absolute Gasteiger partial charge is 0.342 e. The largest absolute Gasteiger partial charge is 0.496 e. The highest BCUT2D eigenvalue weighted by Gasteiger charge is 2.48. The standard InChI is InChI=1S/2C23H28O9/c1-13-9-15(30-12-14-7-5-4-6-8-14)10-16(28-2)18(13)22(27)32-21-19(25)17(11-24)31-23(29-3)20(21)26;1-13-9-15(30-12-14-7-5-4-6-8-14)10-16(28-2)18(13)22(27)32-21-20(26)19(25)17(11-24)31-23(21)29-3/h2*4-10,17,19-21,23-26H,11-12H2,1-3H3/t17-,19-,20-,21+,23+;17-,19-,20+,21-,23+/m11/s1. The summed E-state index contributed by atoms with van der Waals surface area (Å²) in [6.45, 7) is 3.01. The molecule has 2 aliphatic heterocycles. The number of esters is 2. The zero-order chi connectivity index (χ0) is 46.5. The number of hydrogen-bond acceptors (Lipinski definition) is 18. The Morgan fingerprint density at radius 3 is 1.39 bits per heavy atom. The van der Waals surface area contributed by atoms with Crippen LogP contribution in [0.15, 0.2) is 84.9 Å². The number of aliphatic hydroxyl groups excluding tert-OH is 6. The molecule has 6 rings (SSSR count). The Bertz CT molecular complexity index is 2080. The Balaban J connectivity index is 0.000000241. The van der Waals surface area contributed by atoms with Gasteiger partial charge in [-0.2, -0.15) is 0 Å². The molecular weight excluding hydrogens is 840 g/mol. The number of aryl methyl sites for hydroxylation is 2. The molecule has 348 valence electrons. The second-order valence-electron chi connectivity index (χ2n) is 14.8. The quantitative estimate of drug-likeness (QED) is 0.0884. The molecule has 2 saturated heterocycles. The van der Waals surface area contributed by atoms with E-state index in [1.807, 2.05) is 60.7 Å². The van der Waals surface area contributed by atoms with Crippen LogP contribution in [0.3, 0.4) is 0 Å². The predicted molar refractivity (Wildman–Crippen MR) is 225 cm³/mol. The topological polar surface area (TPSA) is 248 Å². The lowest BCUT2D eigenvalue weighted by Crippen LogP contribution is -2.60. The highest BCUT2D eigenvalue weighted by molar-refractivity contribution is 5.95. The third-order valence-corrected chi connectivity index (χ3v) is 10.5. The van der Waals surface area contributed by atoms with E-state index in [1.54, 1.807) is 38.1 Å². The maximum atomic E-state index is 13.0. The fourth-order valence-electron chi connectivity index (χ4n) is 7.06. The second kappa shape index (κ2) is 23.5. The molecule has 0 bridgehead atoms. The molecule has 2 fully saturated rings. The molecule has 4 aromatic carbocycles. The van der Waals surface area contributed by atoms with Crippen molar-refractivity contribution in [2.75, 3.05) is 41.7 Å². The summed E-state index contributed by atoms with van der Waals surface area (Å²) in [7, 11) is 5.42. The minimum atomic E-state index is -1.52. The Labute approximate surface area is 370 Å². The van der Waals surface area contributed by atoms with Crippen LogP contribution in [0.4, 0.5) is 0 Å². The van der Waals surface area contributed by atoms with Gasteiger partial charge in [-0.15, -0.1) is 0 Å². The van der Waals surface area contributed by atoms with Crippen LogP contribution in [0.2, 0.25) is 0 Å². The van der Waals surface area contributed by atoms with Crippen LogP contribution in [0.5, 0.6) is 23.0 Å². The molecule has 0 unspecified atom stereocenters. The Kier molecular flexibility index (Phi) is 18.2. The van der Waals surface area contributed by atoms with Crippen LogP contribution in [0.25, 0.3) is 0 Å². The summed E-state index contributed by atoms with van der Waals surface area (Å²) in [5, 5.41) is 60.1. The summed E-state index contributed by atoms with van der Waals surface area (Å²) in [5.74, 6) is -0.144. The van der Waals surface area contributed by atoms with Gasteiger partial charge in [-0.05, 0) is 48.2 Å². The van der Waals surface area contributed by atoms with Crippen LogP contribution in [-0.4, -0.2) is 146 Å². The van der Waals surface area contributed by atoms with Crippen molar-refractivity contribution in [3.05, 3.63) is 118 Å². The highest BCUT2D eigenvalue weighted by Crippen LogP contribution is 2.34. The SMILES string of the molecule is COc1cc(OCc2ccccc2)cc(C)c1C(=O)O[C@@H]1[C@@H](O)[C@@H](OC)O[C@H](CO)[C@H]1O.COc1cc(OCc2ccccc2)cc(C)c1C(=O)O[C@H]1[C@@H](OC)O[C@H](CO)[C@@H](O)[C@@H]1O. The molecule has 10 atom stereocenters. The van der Waals surface area contributed by atoms with Crippen molar-refractivity contribution >= 4 is 11.9 Å². The summed E-state index contributed by atoms with van der Waals surface area (Å²) >= 11 is 0. The van der Waals surface area contributed by atoms with Gasteiger partial charge in [0.1, 0.15) is 84.0 Å². The monoisotopic (exact) mass is 896 g/mol. The van der Waals surface area contributed by atoms with E-state index in [0.717, 1.165) is 11.1 Å². The molecule has 0 aliphatic carbocycles. The number of rotatable bonds is 16. The molecule has 0 amide bonds. The van der Waals surface area contributed by atoms with Gasteiger partial charge in [-0.25, -0.2) is 9.59 Å². The molecule has 18 heteroatoms. The maximum Gasteiger partial charge on any atom is 0.342 e. The molecule has 2 heterocycles. The summed E-state index contributed by atoms with van der Waals surface area (Å²) in [6, 6.07) is 25.8. The lowest BCUT2D eigenvalue weighted by atomic mass is 9.98. The van der Waals surface area contributed by atoms with Crippen molar-refractivity contribution in [3.63, 3.8) is 0 Å². The third kappa shape index (κ3) is 12.0. The van der Waals surface area contributed by atoms with Gasteiger partial charge in [0.2, 0.25) is 0 Å². The fraction of sp³-hybridized carbons (Fsp3) is 0.435. The molecule has 0 spiro atoms. The molecule has 18 nitrogen and oxygen atoms in total. The van der Waals surface area contributed by atoms with E-state index in [4.69, 9.17) is 47.4 Å². The van der Waals surface area contributed by atoms with Crippen LogP contribution < -0.4 is 18.9 Å². The van der Waals surface area contributed by atoms with Crippen LogP contribution >= 0.6 is 0 Å². The van der Waals surface area contributed by atoms with E-state index in [0.29, 0.717) is 35.8 Å². The number of ether oxygens (including phenoxy) is 10. The molecule has 2 aliphatic rings. The maximum absolute atomic E-state index is 13.0. The Morgan fingerprint density at radius 2 is 0.969 bits per heavy atom. The predicted octanol–water partition coefficient (Wildman–Crippen LogP) is 2.39. The van der Waals surface area contributed by atoms with E-state index >= 15 is 0 Å². The zero-order valence-corrected chi connectivity index (χ0v) is 36.3. The van der Waals surface area contributed by atoms with Crippen molar-refractivity contribution < 1.29 is 87.6 Å². The molecule has 64 heavy (non-hydrogen) atoms. The summed E-state index contributed by atoms with van der Waals surface area (Å²) in [6.07, 6.45) is -13.1. The first kappa shape index (κ1) is 49.6. The minimum absolute atomic E-state index is 0.125. The molecule has 0 radical (unpaired) electrons. The molecular formula is C46H56O18. The van der Waals surface area contributed by atoms with Gasteiger partial charge < -0.3 is 78.0 Å². The summed E-state index contributed by atoms with van der Waals surface area (Å²) < 4.78 is 54.1. The fourth-order valence-corrected chi connectivity index (χ4v) is 7.06. The lowest BCUT2D eigenvalue weighted by molar-refractivity contribution is -0.293. The van der Waals surface area contributed by atoms with Crippen LogP contribution in [-0.2, 0) is 41.6 Å². The van der Waals surface area contributed by atoms with Gasteiger partial charge in [0, 0.05) is 26.4 Å². The number of benzene rings is 4. The third-order valence-electron chi connectivity index (χ3n) is 10.5. The van der Waals surface area contributed by atoms with Gasteiger partial charge in [-0.1, -0.05) is 60.7 Å². The van der Waals surface area contributed by atoms with Crippen LogP contribution in [0.1, 0.15) is 43.0 Å².